The number of aliphatic hydroxyl groups is 1. The Kier molecular flexibility index (Phi) is 8.92. The standard InChI is InChI=1S/C34H37ClF2N2O5/c1-33(2,3)44-32(42)39-13-9-8-12-34(20-10-6-5-7-11-20)18-24-26(43-34)17-25(36)29(35)27(24)28-23(31(41)38-4)15-19-14-21(40)16-22(19)30(28)37/h5-7,10-11,15,17,21,40H,8-9,12-14,16,18H2,1-4H3,(H,38,41)(H,39,42)/t21?,34-/m0/s1. The maximum Gasteiger partial charge on any atom is 0.407 e. The fourth-order valence-corrected chi connectivity index (χ4v) is 6.46. The first-order chi connectivity index (χ1) is 20.8. The van der Waals surface area contributed by atoms with Crippen molar-refractivity contribution < 1.29 is 33.0 Å². The quantitative estimate of drug-likeness (QED) is 0.244. The van der Waals surface area contributed by atoms with Crippen LogP contribution in [0.5, 0.6) is 5.75 Å². The number of amides is 2. The van der Waals surface area contributed by atoms with Gasteiger partial charge in [-0.1, -0.05) is 41.9 Å². The van der Waals surface area contributed by atoms with Crippen molar-refractivity contribution in [1.82, 2.24) is 10.6 Å². The van der Waals surface area contributed by atoms with E-state index in [-0.39, 0.29) is 46.7 Å². The lowest BCUT2D eigenvalue weighted by atomic mass is 9.82. The lowest BCUT2D eigenvalue weighted by Crippen LogP contribution is -2.34. The van der Waals surface area contributed by atoms with Gasteiger partial charge in [0.2, 0.25) is 0 Å². The van der Waals surface area contributed by atoms with E-state index < -0.39 is 40.9 Å². The Balaban J connectivity index is 1.52. The Labute approximate surface area is 260 Å². The van der Waals surface area contributed by atoms with Gasteiger partial charge in [0.15, 0.2) is 0 Å². The van der Waals surface area contributed by atoms with Crippen molar-refractivity contribution in [3.05, 3.63) is 86.9 Å². The van der Waals surface area contributed by atoms with Gasteiger partial charge in [-0.25, -0.2) is 13.6 Å². The van der Waals surface area contributed by atoms with Gasteiger partial charge >= 0.3 is 6.09 Å². The average molecular weight is 627 g/mol. The molecule has 0 radical (unpaired) electrons. The minimum absolute atomic E-state index is 0.0120. The number of carbonyl (C=O) groups is 2. The topological polar surface area (TPSA) is 96.9 Å². The number of carbonyl (C=O) groups excluding carboxylic acids is 2. The van der Waals surface area contributed by atoms with Crippen LogP contribution in [0.2, 0.25) is 5.02 Å². The average Bonchev–Trinajstić information content (AvgIpc) is 3.53. The first-order valence-electron chi connectivity index (χ1n) is 14.8. The number of fused-ring (bicyclic) bond motifs is 2. The summed E-state index contributed by atoms with van der Waals surface area (Å²) in [5.74, 6) is -1.82. The molecule has 0 bridgehead atoms. The summed E-state index contributed by atoms with van der Waals surface area (Å²) < 4.78 is 43.7. The summed E-state index contributed by atoms with van der Waals surface area (Å²) in [7, 11) is 1.44. The van der Waals surface area contributed by atoms with Crippen LogP contribution in [-0.2, 0) is 29.6 Å². The molecule has 44 heavy (non-hydrogen) atoms. The van der Waals surface area contributed by atoms with E-state index in [1.165, 1.54) is 13.1 Å². The second-order valence-electron chi connectivity index (χ2n) is 12.4. The highest BCUT2D eigenvalue weighted by molar-refractivity contribution is 6.34. The van der Waals surface area contributed by atoms with Crippen LogP contribution in [-0.4, -0.2) is 42.4 Å². The number of benzene rings is 3. The van der Waals surface area contributed by atoms with Gasteiger partial charge in [-0.2, -0.15) is 0 Å². The fourth-order valence-electron chi connectivity index (χ4n) is 6.19. The molecule has 0 fully saturated rings. The number of unbranched alkanes of at least 4 members (excludes halogenated alkanes) is 1. The van der Waals surface area contributed by atoms with Gasteiger partial charge in [-0.05, 0) is 69.2 Å². The molecular weight excluding hydrogens is 590 g/mol. The van der Waals surface area contributed by atoms with Crippen molar-refractivity contribution in [2.45, 2.75) is 76.6 Å². The Morgan fingerprint density at radius 1 is 1.09 bits per heavy atom. The number of nitrogens with one attached hydrogen (secondary N) is 2. The molecule has 2 aliphatic rings. The molecule has 1 aliphatic carbocycles. The number of alkyl carbamates (subject to hydrolysis) is 1. The zero-order valence-electron chi connectivity index (χ0n) is 25.3. The number of aliphatic hydroxyl groups excluding tert-OH is 1. The Bertz CT molecular complexity index is 1590. The molecule has 5 rings (SSSR count). The Hall–Kier alpha value is -3.69. The van der Waals surface area contributed by atoms with E-state index in [2.05, 4.69) is 10.6 Å². The Morgan fingerprint density at radius 3 is 2.50 bits per heavy atom. The molecule has 0 saturated heterocycles. The predicted octanol–water partition coefficient (Wildman–Crippen LogP) is 6.63. The van der Waals surface area contributed by atoms with Gasteiger partial charge in [0.25, 0.3) is 5.91 Å². The first-order valence-corrected chi connectivity index (χ1v) is 15.2. The van der Waals surface area contributed by atoms with E-state index in [1.54, 1.807) is 26.8 Å². The Morgan fingerprint density at radius 2 is 1.82 bits per heavy atom. The summed E-state index contributed by atoms with van der Waals surface area (Å²) in [5.41, 5.74) is 0.623. The van der Waals surface area contributed by atoms with Gasteiger partial charge in [-0.15, -0.1) is 0 Å². The third-order valence-corrected chi connectivity index (χ3v) is 8.48. The van der Waals surface area contributed by atoms with Crippen LogP contribution in [0, 0.1) is 11.6 Å². The SMILES string of the molecule is CNC(=O)c1cc2c(c(F)c1-c1c(Cl)c(F)cc3c1C[C@@](CCCCNC(=O)OC(C)(C)C)(c1ccccc1)O3)CC(O)C2. The molecule has 7 nitrogen and oxygen atoms in total. The third kappa shape index (κ3) is 6.26. The summed E-state index contributed by atoms with van der Waals surface area (Å²) in [6.45, 7) is 5.78. The van der Waals surface area contributed by atoms with Gasteiger partial charge < -0.3 is 25.2 Å². The van der Waals surface area contributed by atoms with Gasteiger partial charge in [0, 0.05) is 49.2 Å². The molecule has 2 amide bonds. The predicted molar refractivity (Wildman–Crippen MR) is 164 cm³/mol. The highest BCUT2D eigenvalue weighted by atomic mass is 35.5. The van der Waals surface area contributed by atoms with Gasteiger partial charge in [-0.3, -0.25) is 4.79 Å². The summed E-state index contributed by atoms with van der Waals surface area (Å²) >= 11 is 6.61. The summed E-state index contributed by atoms with van der Waals surface area (Å²) in [5, 5.41) is 15.3. The van der Waals surface area contributed by atoms with Crippen molar-refractivity contribution >= 4 is 23.6 Å². The van der Waals surface area contributed by atoms with Crippen LogP contribution in [0.4, 0.5) is 13.6 Å². The van der Waals surface area contributed by atoms with E-state index in [0.717, 1.165) is 5.56 Å². The van der Waals surface area contributed by atoms with Crippen LogP contribution < -0.4 is 15.4 Å². The van der Waals surface area contributed by atoms with Crippen LogP contribution in [0.15, 0.2) is 42.5 Å². The fraction of sp³-hybridized carbons (Fsp3) is 0.412. The molecule has 1 unspecified atom stereocenters. The van der Waals surface area contributed by atoms with Crippen molar-refractivity contribution in [1.29, 1.82) is 0 Å². The molecule has 3 aromatic carbocycles. The second-order valence-corrected chi connectivity index (χ2v) is 12.8. The monoisotopic (exact) mass is 626 g/mol. The molecule has 0 spiro atoms. The summed E-state index contributed by atoms with van der Waals surface area (Å²) in [4.78, 5) is 25.1. The first kappa shape index (κ1) is 31.7. The van der Waals surface area contributed by atoms with Gasteiger partial charge in [0.05, 0.1) is 16.7 Å². The van der Waals surface area contributed by atoms with Crippen LogP contribution in [0.3, 0.4) is 0 Å². The number of rotatable bonds is 8. The normalized spacial score (nSPS) is 18.8. The molecule has 10 heteroatoms. The number of halogens is 3. The van der Waals surface area contributed by atoms with Crippen molar-refractivity contribution in [3.8, 4) is 16.9 Å². The number of hydrogen-bond acceptors (Lipinski definition) is 5. The minimum Gasteiger partial charge on any atom is -0.482 e. The summed E-state index contributed by atoms with van der Waals surface area (Å²) in [6, 6.07) is 12.3. The van der Waals surface area contributed by atoms with E-state index in [9.17, 15) is 14.7 Å². The third-order valence-electron chi connectivity index (χ3n) is 8.11. The van der Waals surface area contributed by atoms with Crippen LogP contribution >= 0.6 is 11.6 Å². The van der Waals surface area contributed by atoms with Crippen molar-refractivity contribution in [2.24, 2.45) is 0 Å². The minimum atomic E-state index is -0.933. The van der Waals surface area contributed by atoms with Crippen molar-refractivity contribution in [2.75, 3.05) is 13.6 Å². The summed E-state index contributed by atoms with van der Waals surface area (Å²) in [6.07, 6.45) is 1.03. The highest BCUT2D eigenvalue weighted by Crippen LogP contribution is 2.52. The van der Waals surface area contributed by atoms with Gasteiger partial charge in [0.1, 0.15) is 28.6 Å². The highest BCUT2D eigenvalue weighted by Gasteiger charge is 2.44. The van der Waals surface area contributed by atoms with E-state index in [4.69, 9.17) is 21.1 Å². The van der Waals surface area contributed by atoms with Crippen molar-refractivity contribution in [3.63, 3.8) is 0 Å². The van der Waals surface area contributed by atoms with Crippen LogP contribution in [0.25, 0.3) is 11.1 Å². The van der Waals surface area contributed by atoms with E-state index >= 15 is 8.78 Å². The molecule has 0 saturated carbocycles. The lowest BCUT2D eigenvalue weighted by molar-refractivity contribution is 0.0523. The molecule has 234 valence electrons. The molecule has 1 heterocycles. The lowest BCUT2D eigenvalue weighted by Gasteiger charge is -2.30. The zero-order valence-corrected chi connectivity index (χ0v) is 26.0. The van der Waals surface area contributed by atoms with E-state index in [1.807, 2.05) is 30.3 Å². The maximum absolute atomic E-state index is 16.4. The van der Waals surface area contributed by atoms with Crippen LogP contribution in [0.1, 0.15) is 72.6 Å². The smallest absolute Gasteiger partial charge is 0.407 e. The number of ether oxygens (including phenoxy) is 2. The zero-order chi connectivity index (χ0) is 31.8. The molecule has 0 aromatic heterocycles. The molecule has 3 aromatic rings. The largest absolute Gasteiger partial charge is 0.482 e. The number of hydrogen-bond donors (Lipinski definition) is 3. The molecule has 2 atom stereocenters. The molecule has 3 N–H and O–H groups in total. The second kappa shape index (κ2) is 12.4. The van der Waals surface area contributed by atoms with E-state index in [0.29, 0.717) is 42.5 Å². The molecule has 1 aliphatic heterocycles. The maximum atomic E-state index is 16.4. The molecular formula is C34H37ClF2N2O5.